The van der Waals surface area contributed by atoms with E-state index in [1.807, 2.05) is 66.7 Å². The molecule has 0 saturated heterocycles. The molecule has 0 aliphatic heterocycles. The molecule has 186 valence electrons. The van der Waals surface area contributed by atoms with E-state index in [-0.39, 0.29) is 0 Å². The minimum atomic E-state index is -3.32. The Morgan fingerprint density at radius 1 is 0.972 bits per heavy atom. The maximum atomic E-state index is 11.9. The van der Waals surface area contributed by atoms with E-state index in [1.165, 1.54) is 10.2 Å². The molecule has 7 heteroatoms. The van der Waals surface area contributed by atoms with E-state index < -0.39 is 10.0 Å². The van der Waals surface area contributed by atoms with Crippen molar-refractivity contribution in [3.63, 3.8) is 0 Å². The molecule has 0 fully saturated rings. The Balaban J connectivity index is 1.27. The highest BCUT2D eigenvalue weighted by atomic mass is 32.2. The third-order valence-electron chi connectivity index (χ3n) is 5.71. The fraction of sp³-hybridized carbons (Fsp3) is 0.207. The van der Waals surface area contributed by atoms with Crippen LogP contribution in [0.1, 0.15) is 36.1 Å². The summed E-state index contributed by atoms with van der Waals surface area (Å²) < 4.78 is 36.6. The molecule has 0 aliphatic rings. The van der Waals surface area contributed by atoms with Crippen LogP contribution in [0.15, 0.2) is 85.2 Å². The van der Waals surface area contributed by atoms with Crippen LogP contribution in [0.2, 0.25) is 0 Å². The number of ether oxygens (including phenoxy) is 2. The number of pyridine rings is 1. The Morgan fingerprint density at radius 3 is 2.56 bits per heavy atom. The number of aromatic nitrogens is 2. The number of rotatable bonds is 11. The molecule has 0 aliphatic carbocycles. The molecule has 2 aromatic heterocycles. The summed E-state index contributed by atoms with van der Waals surface area (Å²) in [7, 11) is -1.66. The SMILES string of the molecule is COc1cc(OCc2ccccn2)ccc1/C=C/CCC/C=C/c1ccc2ccn(S(C)(=O)=O)c2c1. The molecular weight excluding hydrogens is 472 g/mol. The van der Waals surface area contributed by atoms with E-state index in [0.717, 1.165) is 53.0 Å². The summed E-state index contributed by atoms with van der Waals surface area (Å²) >= 11 is 0. The molecule has 0 amide bonds. The minimum Gasteiger partial charge on any atom is -0.496 e. The van der Waals surface area contributed by atoms with Crippen LogP contribution in [-0.2, 0) is 16.6 Å². The van der Waals surface area contributed by atoms with Gasteiger partial charge >= 0.3 is 0 Å². The molecule has 2 aromatic carbocycles. The van der Waals surface area contributed by atoms with E-state index in [1.54, 1.807) is 19.5 Å². The number of allylic oxidation sites excluding steroid dienone is 2. The molecule has 0 unspecified atom stereocenters. The zero-order valence-corrected chi connectivity index (χ0v) is 21.3. The fourth-order valence-corrected chi connectivity index (χ4v) is 4.65. The van der Waals surface area contributed by atoms with Crippen molar-refractivity contribution in [1.29, 1.82) is 0 Å². The van der Waals surface area contributed by atoms with Gasteiger partial charge in [-0.1, -0.05) is 42.5 Å². The van der Waals surface area contributed by atoms with Crippen LogP contribution < -0.4 is 9.47 Å². The number of hydrogen-bond donors (Lipinski definition) is 0. The molecule has 4 rings (SSSR count). The minimum absolute atomic E-state index is 0.408. The van der Waals surface area contributed by atoms with Gasteiger partial charge in [-0.3, -0.25) is 4.98 Å². The van der Waals surface area contributed by atoms with Gasteiger partial charge in [0.15, 0.2) is 0 Å². The summed E-state index contributed by atoms with van der Waals surface area (Å²) in [6, 6.07) is 19.2. The monoisotopic (exact) mass is 502 g/mol. The normalized spacial score (nSPS) is 12.1. The van der Waals surface area contributed by atoms with Crippen molar-refractivity contribution in [2.24, 2.45) is 0 Å². The summed E-state index contributed by atoms with van der Waals surface area (Å²) in [5.41, 5.74) is 3.56. The summed E-state index contributed by atoms with van der Waals surface area (Å²) in [5.74, 6) is 1.50. The first-order chi connectivity index (χ1) is 17.4. The third-order valence-corrected chi connectivity index (χ3v) is 6.74. The first-order valence-corrected chi connectivity index (χ1v) is 13.6. The van der Waals surface area contributed by atoms with Gasteiger partial charge in [0.2, 0.25) is 10.0 Å². The van der Waals surface area contributed by atoms with Crippen LogP contribution in [0.3, 0.4) is 0 Å². The number of nitrogens with zero attached hydrogens (tertiary/aromatic N) is 2. The van der Waals surface area contributed by atoms with E-state index in [2.05, 4.69) is 23.2 Å². The molecule has 0 N–H and O–H groups in total. The lowest BCUT2D eigenvalue weighted by Crippen LogP contribution is -2.07. The van der Waals surface area contributed by atoms with Gasteiger partial charge in [-0.2, -0.15) is 0 Å². The standard InChI is InChI=1S/C29H30N2O4S/c1-34-29-21-27(35-22-26-12-8-9-18-30-26)16-15-25(29)11-7-5-3-4-6-10-23-13-14-24-17-19-31(28(24)20-23)36(2,32)33/h6-21H,3-5,22H2,1-2H3/b10-6+,11-7+. The molecule has 0 radical (unpaired) electrons. The number of benzene rings is 2. The second-order valence-electron chi connectivity index (χ2n) is 8.44. The predicted octanol–water partition coefficient (Wildman–Crippen LogP) is 6.33. The maximum Gasteiger partial charge on any atom is 0.236 e. The number of fused-ring (bicyclic) bond motifs is 1. The van der Waals surface area contributed by atoms with Gasteiger partial charge in [0.25, 0.3) is 0 Å². The van der Waals surface area contributed by atoms with Crippen molar-refractivity contribution in [3.8, 4) is 11.5 Å². The lowest BCUT2D eigenvalue weighted by atomic mass is 10.1. The van der Waals surface area contributed by atoms with Gasteiger partial charge in [0.05, 0.1) is 24.6 Å². The van der Waals surface area contributed by atoms with Gasteiger partial charge in [0, 0.05) is 29.4 Å². The molecule has 6 nitrogen and oxygen atoms in total. The zero-order valence-electron chi connectivity index (χ0n) is 20.5. The topological polar surface area (TPSA) is 70.4 Å². The Kier molecular flexibility index (Phi) is 8.23. The smallest absolute Gasteiger partial charge is 0.236 e. The second-order valence-corrected chi connectivity index (χ2v) is 10.3. The first kappa shape index (κ1) is 25.3. The third kappa shape index (κ3) is 6.64. The van der Waals surface area contributed by atoms with Gasteiger partial charge in [0.1, 0.15) is 18.1 Å². The van der Waals surface area contributed by atoms with E-state index in [4.69, 9.17) is 9.47 Å². The van der Waals surface area contributed by atoms with Gasteiger partial charge in [-0.25, -0.2) is 12.4 Å². The molecule has 0 bridgehead atoms. The Hall–Kier alpha value is -3.84. The highest BCUT2D eigenvalue weighted by Crippen LogP contribution is 2.26. The van der Waals surface area contributed by atoms with E-state index >= 15 is 0 Å². The van der Waals surface area contributed by atoms with Crippen LogP contribution in [-0.4, -0.2) is 30.7 Å². The Morgan fingerprint density at radius 2 is 1.81 bits per heavy atom. The molecule has 0 saturated carbocycles. The van der Waals surface area contributed by atoms with Crippen LogP contribution in [0.5, 0.6) is 11.5 Å². The Bertz CT molecular complexity index is 1470. The lowest BCUT2D eigenvalue weighted by Gasteiger charge is -2.10. The predicted molar refractivity (Wildman–Crippen MR) is 146 cm³/mol. The molecule has 4 aromatic rings. The van der Waals surface area contributed by atoms with Gasteiger partial charge < -0.3 is 9.47 Å². The van der Waals surface area contributed by atoms with Crippen molar-refractivity contribution in [1.82, 2.24) is 8.96 Å². The van der Waals surface area contributed by atoms with E-state index in [9.17, 15) is 8.42 Å². The van der Waals surface area contributed by atoms with Crippen LogP contribution in [0.4, 0.5) is 0 Å². The Labute approximate surface area is 212 Å². The second kappa shape index (κ2) is 11.7. The molecule has 0 atom stereocenters. The van der Waals surface area contributed by atoms with Gasteiger partial charge in [-0.05, 0) is 61.2 Å². The van der Waals surface area contributed by atoms with Crippen molar-refractivity contribution in [2.75, 3.05) is 13.4 Å². The number of hydrogen-bond acceptors (Lipinski definition) is 5. The number of methoxy groups -OCH3 is 1. The summed E-state index contributed by atoms with van der Waals surface area (Å²) in [6.07, 6.45) is 15.8. The van der Waals surface area contributed by atoms with Crippen LogP contribution in [0.25, 0.3) is 23.1 Å². The van der Waals surface area contributed by atoms with Crippen molar-refractivity contribution in [2.45, 2.75) is 25.9 Å². The van der Waals surface area contributed by atoms with Crippen molar-refractivity contribution < 1.29 is 17.9 Å². The summed E-state index contributed by atoms with van der Waals surface area (Å²) in [4.78, 5) is 4.27. The van der Waals surface area contributed by atoms with E-state index in [0.29, 0.717) is 12.1 Å². The summed E-state index contributed by atoms with van der Waals surface area (Å²) in [6.45, 7) is 0.408. The quantitative estimate of drug-likeness (QED) is 0.224. The van der Waals surface area contributed by atoms with Gasteiger partial charge in [-0.15, -0.1) is 0 Å². The maximum absolute atomic E-state index is 11.9. The molecule has 36 heavy (non-hydrogen) atoms. The zero-order chi connectivity index (χ0) is 25.4. The number of unbranched alkanes of at least 4 members (excludes halogenated alkanes) is 2. The van der Waals surface area contributed by atoms with Crippen molar-refractivity contribution >= 4 is 33.1 Å². The highest BCUT2D eigenvalue weighted by Gasteiger charge is 2.09. The average molecular weight is 503 g/mol. The highest BCUT2D eigenvalue weighted by molar-refractivity contribution is 7.89. The first-order valence-electron chi connectivity index (χ1n) is 11.8. The fourth-order valence-electron chi connectivity index (χ4n) is 3.86. The molecule has 0 spiro atoms. The van der Waals surface area contributed by atoms with Crippen LogP contribution in [0, 0.1) is 0 Å². The largest absolute Gasteiger partial charge is 0.496 e. The summed E-state index contributed by atoms with van der Waals surface area (Å²) in [5, 5.41) is 0.908. The van der Waals surface area contributed by atoms with Crippen molar-refractivity contribution in [3.05, 3.63) is 102 Å². The molecular formula is C29H30N2O4S. The lowest BCUT2D eigenvalue weighted by molar-refractivity contribution is 0.299. The van der Waals surface area contributed by atoms with Crippen LogP contribution >= 0.6 is 0 Å². The molecule has 2 heterocycles. The average Bonchev–Trinajstić information content (AvgIpc) is 3.32.